The fraction of sp³-hybridized carbons (Fsp3) is 0.625. The molecule has 1 N–H and O–H groups in total. The lowest BCUT2D eigenvalue weighted by atomic mass is 10.1. The van der Waals surface area contributed by atoms with Gasteiger partial charge in [0, 0.05) is 6.08 Å². The fourth-order valence-corrected chi connectivity index (χ4v) is 1.42. The van der Waals surface area contributed by atoms with Crippen molar-refractivity contribution in [3.8, 4) is 0 Å². The molecule has 10 heavy (non-hydrogen) atoms. The number of allylic oxidation sites excluding steroid dienone is 1. The van der Waals surface area contributed by atoms with Crippen LogP contribution in [0.25, 0.3) is 0 Å². The first-order valence-electron chi connectivity index (χ1n) is 3.63. The van der Waals surface area contributed by atoms with Crippen molar-refractivity contribution in [3.05, 3.63) is 11.6 Å². The molecule has 0 heterocycles. The number of hydrogen-bond donors (Lipinski definition) is 1. The highest BCUT2D eigenvalue weighted by Gasteiger charge is 2.16. The summed E-state index contributed by atoms with van der Waals surface area (Å²) in [6.07, 6.45) is 4.64. The van der Waals surface area contributed by atoms with Crippen molar-refractivity contribution in [2.75, 3.05) is 0 Å². The quantitative estimate of drug-likeness (QED) is 0.564. The van der Waals surface area contributed by atoms with E-state index in [1.165, 1.54) is 6.08 Å². The number of aliphatic carboxylic acids is 1. The maximum atomic E-state index is 10.2. The molecule has 1 atom stereocenters. The van der Waals surface area contributed by atoms with E-state index in [1.807, 2.05) is 0 Å². The predicted octanol–water partition coefficient (Wildman–Crippen LogP) is 1.82. The zero-order valence-corrected chi connectivity index (χ0v) is 6.13. The lowest BCUT2D eigenvalue weighted by Crippen LogP contribution is -1.94. The molecule has 2 heteroatoms. The maximum Gasteiger partial charge on any atom is 0.328 e. The molecule has 0 radical (unpaired) electrons. The van der Waals surface area contributed by atoms with E-state index in [0.29, 0.717) is 5.92 Å². The first kappa shape index (κ1) is 7.32. The van der Waals surface area contributed by atoms with Crippen molar-refractivity contribution in [2.45, 2.75) is 26.2 Å². The fourth-order valence-electron chi connectivity index (χ4n) is 1.42. The van der Waals surface area contributed by atoms with Crippen LogP contribution in [0, 0.1) is 5.92 Å². The second-order valence-corrected chi connectivity index (χ2v) is 2.85. The third kappa shape index (κ3) is 1.59. The summed E-state index contributed by atoms with van der Waals surface area (Å²) in [5.41, 5.74) is 1.10. The van der Waals surface area contributed by atoms with Crippen molar-refractivity contribution in [3.63, 3.8) is 0 Å². The molecule has 0 aromatic heterocycles. The van der Waals surface area contributed by atoms with Gasteiger partial charge in [-0.05, 0) is 25.2 Å². The summed E-state index contributed by atoms with van der Waals surface area (Å²) in [7, 11) is 0. The molecule has 1 unspecified atom stereocenters. The van der Waals surface area contributed by atoms with Gasteiger partial charge in [0.2, 0.25) is 0 Å². The molecule has 56 valence electrons. The Morgan fingerprint density at radius 3 is 2.90 bits per heavy atom. The summed E-state index contributed by atoms with van der Waals surface area (Å²) in [6.45, 7) is 2.09. The first-order valence-corrected chi connectivity index (χ1v) is 3.63. The molecular weight excluding hydrogens is 128 g/mol. The van der Waals surface area contributed by atoms with E-state index in [0.717, 1.165) is 24.8 Å². The minimum Gasteiger partial charge on any atom is -0.478 e. The molecule has 0 saturated heterocycles. The van der Waals surface area contributed by atoms with Gasteiger partial charge in [0.25, 0.3) is 0 Å². The van der Waals surface area contributed by atoms with Gasteiger partial charge in [-0.15, -0.1) is 0 Å². The zero-order valence-electron chi connectivity index (χ0n) is 6.13. The van der Waals surface area contributed by atoms with Gasteiger partial charge in [-0.3, -0.25) is 0 Å². The number of carboxylic acid groups (broad SMARTS) is 1. The highest BCUT2D eigenvalue weighted by atomic mass is 16.4. The van der Waals surface area contributed by atoms with Crippen molar-refractivity contribution >= 4 is 5.97 Å². The second-order valence-electron chi connectivity index (χ2n) is 2.85. The first-order chi connectivity index (χ1) is 4.70. The third-order valence-corrected chi connectivity index (χ3v) is 2.04. The smallest absolute Gasteiger partial charge is 0.328 e. The van der Waals surface area contributed by atoms with E-state index in [1.54, 1.807) is 0 Å². The molecule has 1 fully saturated rings. The average Bonchev–Trinajstić information content (AvgIpc) is 2.15. The SMILES string of the molecule is CC1CCC/C1=C\C(=O)O. The van der Waals surface area contributed by atoms with Gasteiger partial charge in [0.1, 0.15) is 0 Å². The predicted molar refractivity (Wildman–Crippen MR) is 38.7 cm³/mol. The Balaban J connectivity index is 2.62. The van der Waals surface area contributed by atoms with Gasteiger partial charge in [-0.1, -0.05) is 12.5 Å². The van der Waals surface area contributed by atoms with Crippen LogP contribution < -0.4 is 0 Å². The molecule has 0 aromatic carbocycles. The van der Waals surface area contributed by atoms with Gasteiger partial charge in [0.05, 0.1) is 0 Å². The number of carbonyl (C=O) groups is 1. The zero-order chi connectivity index (χ0) is 7.56. The summed E-state index contributed by atoms with van der Waals surface area (Å²) in [4.78, 5) is 10.2. The monoisotopic (exact) mass is 140 g/mol. The number of carboxylic acids is 1. The Kier molecular flexibility index (Phi) is 2.10. The van der Waals surface area contributed by atoms with Crippen molar-refractivity contribution in [2.24, 2.45) is 5.92 Å². The van der Waals surface area contributed by atoms with Crippen LogP contribution in [0.2, 0.25) is 0 Å². The normalized spacial score (nSPS) is 29.3. The van der Waals surface area contributed by atoms with E-state index in [9.17, 15) is 4.79 Å². The minimum absolute atomic E-state index is 0.496. The van der Waals surface area contributed by atoms with Crippen LogP contribution >= 0.6 is 0 Å². The molecule has 0 aromatic rings. The molecule has 1 aliphatic carbocycles. The Bertz CT molecular complexity index is 170. The topological polar surface area (TPSA) is 37.3 Å². The third-order valence-electron chi connectivity index (χ3n) is 2.04. The Morgan fingerprint density at radius 2 is 2.50 bits per heavy atom. The van der Waals surface area contributed by atoms with Gasteiger partial charge in [-0.2, -0.15) is 0 Å². The molecule has 0 bridgehead atoms. The summed E-state index contributed by atoms with van der Waals surface area (Å²) >= 11 is 0. The molecule has 0 aliphatic heterocycles. The summed E-state index contributed by atoms with van der Waals surface area (Å²) in [6, 6.07) is 0. The van der Waals surface area contributed by atoms with Crippen LogP contribution in [-0.4, -0.2) is 11.1 Å². The summed E-state index contributed by atoms with van der Waals surface area (Å²) < 4.78 is 0. The van der Waals surface area contributed by atoms with Crippen LogP contribution in [0.4, 0.5) is 0 Å². The maximum absolute atomic E-state index is 10.2. The van der Waals surface area contributed by atoms with Gasteiger partial charge >= 0.3 is 5.97 Å². The van der Waals surface area contributed by atoms with Crippen LogP contribution in [0.3, 0.4) is 0 Å². The highest BCUT2D eigenvalue weighted by Crippen LogP contribution is 2.29. The molecule has 1 rings (SSSR count). The van der Waals surface area contributed by atoms with Crippen LogP contribution in [0.1, 0.15) is 26.2 Å². The van der Waals surface area contributed by atoms with Crippen molar-refractivity contribution in [1.82, 2.24) is 0 Å². The van der Waals surface area contributed by atoms with E-state index in [-0.39, 0.29) is 0 Å². The number of rotatable bonds is 1. The molecule has 1 aliphatic rings. The Morgan fingerprint density at radius 1 is 1.80 bits per heavy atom. The lowest BCUT2D eigenvalue weighted by molar-refractivity contribution is -0.131. The van der Waals surface area contributed by atoms with Gasteiger partial charge < -0.3 is 5.11 Å². The van der Waals surface area contributed by atoms with Crippen LogP contribution in [0.15, 0.2) is 11.6 Å². The highest BCUT2D eigenvalue weighted by molar-refractivity contribution is 5.80. The average molecular weight is 140 g/mol. The van der Waals surface area contributed by atoms with Crippen molar-refractivity contribution in [1.29, 1.82) is 0 Å². The largest absolute Gasteiger partial charge is 0.478 e. The van der Waals surface area contributed by atoms with Crippen molar-refractivity contribution < 1.29 is 9.90 Å². The molecule has 0 spiro atoms. The van der Waals surface area contributed by atoms with E-state index in [4.69, 9.17) is 5.11 Å². The molecular formula is C8H12O2. The van der Waals surface area contributed by atoms with Crippen LogP contribution in [0.5, 0.6) is 0 Å². The Labute approximate surface area is 60.6 Å². The Hall–Kier alpha value is -0.790. The summed E-state index contributed by atoms with van der Waals surface area (Å²) in [5, 5.41) is 8.42. The number of hydrogen-bond acceptors (Lipinski definition) is 1. The second kappa shape index (κ2) is 2.86. The molecule has 2 nitrogen and oxygen atoms in total. The molecule has 1 saturated carbocycles. The van der Waals surface area contributed by atoms with E-state index >= 15 is 0 Å². The van der Waals surface area contributed by atoms with Gasteiger partial charge in [0.15, 0.2) is 0 Å². The standard InChI is InChI=1S/C8H12O2/c1-6-3-2-4-7(6)5-8(9)10/h5-6H,2-4H2,1H3,(H,9,10)/b7-5+. The van der Waals surface area contributed by atoms with E-state index in [2.05, 4.69) is 6.92 Å². The summed E-state index contributed by atoms with van der Waals surface area (Å²) in [5.74, 6) is -0.306. The van der Waals surface area contributed by atoms with Gasteiger partial charge in [-0.25, -0.2) is 4.79 Å². The molecule has 0 amide bonds. The lowest BCUT2D eigenvalue weighted by Gasteiger charge is -2.00. The minimum atomic E-state index is -0.802. The van der Waals surface area contributed by atoms with Crippen LogP contribution in [-0.2, 0) is 4.79 Å². The van der Waals surface area contributed by atoms with E-state index < -0.39 is 5.97 Å².